The zero-order valence-corrected chi connectivity index (χ0v) is 14.0. The lowest BCUT2D eigenvalue weighted by atomic mass is 10.0. The molecule has 0 unspecified atom stereocenters. The number of aryl methyl sites for hydroxylation is 1. The number of aromatic nitrogens is 1. The van der Waals surface area contributed by atoms with Crippen molar-refractivity contribution in [2.45, 2.75) is 26.3 Å². The molecule has 0 bridgehead atoms. The Balaban J connectivity index is 0.00000176. The first-order chi connectivity index (χ1) is 9.96. The first-order valence-corrected chi connectivity index (χ1v) is 7.37. The summed E-state index contributed by atoms with van der Waals surface area (Å²) in [4.78, 5) is 19.4. The maximum Gasteiger partial charge on any atom is 0.254 e. The average Bonchev–Trinajstić information content (AvgIpc) is 2.44. The van der Waals surface area contributed by atoms with Gasteiger partial charge in [0.25, 0.3) is 5.91 Å². The number of piperazine rings is 1. The molecule has 1 fully saturated rings. The molecule has 0 aliphatic carbocycles. The van der Waals surface area contributed by atoms with Gasteiger partial charge in [-0.15, -0.1) is 12.4 Å². The topological polar surface area (TPSA) is 45.2 Å². The maximum atomic E-state index is 12.9. The molecule has 0 atom stereocenters. The molecular weight excluding hydrogens is 298 g/mol. The van der Waals surface area contributed by atoms with Gasteiger partial charge in [0.05, 0.1) is 11.1 Å². The molecular formula is C17H22ClN3O. The fourth-order valence-electron chi connectivity index (χ4n) is 2.97. The second-order valence-corrected chi connectivity index (χ2v) is 6.37. The number of benzene rings is 1. The molecule has 1 N–H and O–H groups in total. The van der Waals surface area contributed by atoms with Gasteiger partial charge in [0.15, 0.2) is 0 Å². The van der Waals surface area contributed by atoms with E-state index < -0.39 is 0 Å². The van der Waals surface area contributed by atoms with Gasteiger partial charge in [-0.05, 0) is 32.9 Å². The highest BCUT2D eigenvalue weighted by molar-refractivity contribution is 6.06. The Hall–Kier alpha value is -1.65. The number of nitrogens with zero attached hydrogens (tertiary/aromatic N) is 2. The van der Waals surface area contributed by atoms with E-state index in [2.05, 4.69) is 24.1 Å². The van der Waals surface area contributed by atoms with Crippen LogP contribution in [-0.2, 0) is 0 Å². The number of pyridine rings is 1. The van der Waals surface area contributed by atoms with Gasteiger partial charge >= 0.3 is 0 Å². The largest absolute Gasteiger partial charge is 0.336 e. The van der Waals surface area contributed by atoms with E-state index in [0.717, 1.165) is 41.8 Å². The molecule has 2 heterocycles. The second-order valence-electron chi connectivity index (χ2n) is 6.37. The van der Waals surface area contributed by atoms with Gasteiger partial charge < -0.3 is 10.2 Å². The van der Waals surface area contributed by atoms with Gasteiger partial charge in [-0.25, -0.2) is 0 Å². The third-order valence-electron chi connectivity index (χ3n) is 3.93. The summed E-state index contributed by atoms with van der Waals surface area (Å²) in [7, 11) is 0. The van der Waals surface area contributed by atoms with Crippen LogP contribution in [0.5, 0.6) is 0 Å². The first-order valence-electron chi connectivity index (χ1n) is 7.37. The zero-order valence-electron chi connectivity index (χ0n) is 13.2. The van der Waals surface area contributed by atoms with E-state index in [0.29, 0.717) is 0 Å². The van der Waals surface area contributed by atoms with Crippen molar-refractivity contribution < 1.29 is 4.79 Å². The fraction of sp³-hybridized carbons (Fsp3) is 0.412. The summed E-state index contributed by atoms with van der Waals surface area (Å²) >= 11 is 0. The van der Waals surface area contributed by atoms with Crippen molar-refractivity contribution in [3.8, 4) is 0 Å². The van der Waals surface area contributed by atoms with E-state index in [-0.39, 0.29) is 23.9 Å². The number of carbonyl (C=O) groups excluding carboxylic acids is 1. The van der Waals surface area contributed by atoms with E-state index in [1.807, 2.05) is 42.2 Å². The molecule has 2 aromatic rings. The predicted octanol–water partition coefficient (Wildman–Crippen LogP) is 2.79. The number of hydrogen-bond acceptors (Lipinski definition) is 3. The van der Waals surface area contributed by atoms with E-state index in [1.54, 1.807) is 0 Å². The fourth-order valence-corrected chi connectivity index (χ4v) is 2.97. The third kappa shape index (κ3) is 3.23. The molecule has 1 amide bonds. The lowest BCUT2D eigenvalue weighted by molar-refractivity contribution is 0.0654. The minimum atomic E-state index is -0.0359. The summed E-state index contributed by atoms with van der Waals surface area (Å²) in [6.45, 7) is 8.50. The number of hydrogen-bond donors (Lipinski definition) is 1. The Bertz CT molecular complexity index is 699. The number of fused-ring (bicyclic) bond motifs is 1. The second kappa shape index (κ2) is 6.23. The molecule has 5 heteroatoms. The van der Waals surface area contributed by atoms with Crippen LogP contribution >= 0.6 is 12.4 Å². The van der Waals surface area contributed by atoms with E-state index in [9.17, 15) is 4.79 Å². The summed E-state index contributed by atoms with van der Waals surface area (Å²) in [6.07, 6.45) is 0. The van der Waals surface area contributed by atoms with Gasteiger partial charge in [-0.3, -0.25) is 9.78 Å². The van der Waals surface area contributed by atoms with Crippen molar-refractivity contribution in [1.82, 2.24) is 15.2 Å². The van der Waals surface area contributed by atoms with Crippen LogP contribution in [-0.4, -0.2) is 41.0 Å². The maximum absolute atomic E-state index is 12.9. The van der Waals surface area contributed by atoms with Gasteiger partial charge in [-0.2, -0.15) is 0 Å². The molecule has 1 saturated heterocycles. The zero-order chi connectivity index (χ0) is 15.0. The highest BCUT2D eigenvalue weighted by atomic mass is 35.5. The molecule has 118 valence electrons. The van der Waals surface area contributed by atoms with E-state index in [4.69, 9.17) is 0 Å². The summed E-state index contributed by atoms with van der Waals surface area (Å²) in [6, 6.07) is 9.75. The molecule has 1 aliphatic heterocycles. The lowest BCUT2D eigenvalue weighted by Gasteiger charge is -2.39. The highest BCUT2D eigenvalue weighted by Crippen LogP contribution is 2.21. The van der Waals surface area contributed by atoms with Gasteiger partial charge in [0.2, 0.25) is 0 Å². The van der Waals surface area contributed by atoms with Crippen LogP contribution in [0.4, 0.5) is 0 Å². The lowest BCUT2D eigenvalue weighted by Crippen LogP contribution is -2.58. The first kappa shape index (κ1) is 16.7. The van der Waals surface area contributed by atoms with Crippen molar-refractivity contribution in [1.29, 1.82) is 0 Å². The molecule has 0 saturated carbocycles. The third-order valence-corrected chi connectivity index (χ3v) is 3.93. The summed E-state index contributed by atoms with van der Waals surface area (Å²) in [5.74, 6) is 0.103. The number of rotatable bonds is 1. The standard InChI is InChI=1S/C17H21N3O.ClH/c1-12-10-14(13-6-4-5-7-15(13)19-12)16(21)20-9-8-18-17(2,3)11-20;/h4-7,10,18H,8-9,11H2,1-3H3;1H. The Morgan fingerprint density at radius 3 is 2.77 bits per heavy atom. The van der Waals surface area contributed by atoms with Crippen LogP contribution in [0.3, 0.4) is 0 Å². The molecule has 1 aromatic carbocycles. The van der Waals surface area contributed by atoms with Crippen LogP contribution in [0.2, 0.25) is 0 Å². The van der Waals surface area contributed by atoms with Crippen molar-refractivity contribution in [2.24, 2.45) is 0 Å². The van der Waals surface area contributed by atoms with Crippen LogP contribution in [0.25, 0.3) is 10.9 Å². The molecule has 0 spiro atoms. The molecule has 1 aromatic heterocycles. The Kier molecular flexibility index (Phi) is 4.73. The van der Waals surface area contributed by atoms with Crippen LogP contribution in [0.1, 0.15) is 29.9 Å². The van der Waals surface area contributed by atoms with Crippen molar-refractivity contribution in [3.63, 3.8) is 0 Å². The minimum Gasteiger partial charge on any atom is -0.336 e. The minimum absolute atomic E-state index is 0. The Morgan fingerprint density at radius 2 is 2.05 bits per heavy atom. The Labute approximate surface area is 137 Å². The molecule has 1 aliphatic rings. The van der Waals surface area contributed by atoms with E-state index >= 15 is 0 Å². The van der Waals surface area contributed by atoms with Gasteiger partial charge in [0, 0.05) is 36.3 Å². The summed E-state index contributed by atoms with van der Waals surface area (Å²) in [5.41, 5.74) is 2.49. The van der Waals surface area contributed by atoms with Crippen molar-refractivity contribution in [2.75, 3.05) is 19.6 Å². The summed E-state index contributed by atoms with van der Waals surface area (Å²) < 4.78 is 0. The average molecular weight is 320 g/mol. The normalized spacial score (nSPS) is 17.1. The van der Waals surface area contributed by atoms with Gasteiger partial charge in [0.1, 0.15) is 0 Å². The molecule has 3 rings (SSSR count). The number of para-hydroxylation sites is 1. The van der Waals surface area contributed by atoms with Crippen molar-refractivity contribution in [3.05, 3.63) is 41.6 Å². The number of nitrogens with one attached hydrogen (secondary N) is 1. The Morgan fingerprint density at radius 1 is 1.32 bits per heavy atom. The van der Waals surface area contributed by atoms with Crippen molar-refractivity contribution >= 4 is 29.2 Å². The molecule has 22 heavy (non-hydrogen) atoms. The van der Waals surface area contributed by atoms with Crippen LogP contribution < -0.4 is 5.32 Å². The predicted molar refractivity (Wildman–Crippen MR) is 91.7 cm³/mol. The molecule has 0 radical (unpaired) electrons. The number of halogens is 1. The number of amides is 1. The van der Waals surface area contributed by atoms with E-state index in [1.165, 1.54) is 0 Å². The van der Waals surface area contributed by atoms with Crippen LogP contribution in [0.15, 0.2) is 30.3 Å². The summed E-state index contributed by atoms with van der Waals surface area (Å²) in [5, 5.41) is 4.37. The monoisotopic (exact) mass is 319 g/mol. The smallest absolute Gasteiger partial charge is 0.254 e. The number of carbonyl (C=O) groups is 1. The quantitative estimate of drug-likeness (QED) is 0.879. The SMILES string of the molecule is Cc1cc(C(=O)N2CCNC(C)(C)C2)c2ccccc2n1.Cl. The van der Waals surface area contributed by atoms with Gasteiger partial charge in [-0.1, -0.05) is 18.2 Å². The highest BCUT2D eigenvalue weighted by Gasteiger charge is 2.29. The molecule has 4 nitrogen and oxygen atoms in total. The van der Waals surface area contributed by atoms with Crippen LogP contribution in [0, 0.1) is 6.92 Å².